The van der Waals surface area contributed by atoms with Gasteiger partial charge in [0, 0.05) is 19.8 Å². The highest BCUT2D eigenvalue weighted by atomic mass is 32.1. The van der Waals surface area contributed by atoms with Crippen molar-refractivity contribution < 1.29 is 0 Å². The summed E-state index contributed by atoms with van der Waals surface area (Å²) in [4.78, 5) is 14.4. The first-order valence-electron chi connectivity index (χ1n) is 6.05. The molecule has 2 aromatic carbocycles. The molecule has 0 amide bonds. The largest absolute Gasteiger partial charge is 0.378 e. The summed E-state index contributed by atoms with van der Waals surface area (Å²) in [6, 6.07) is 15.7. The van der Waals surface area contributed by atoms with E-state index in [1.54, 1.807) is 3.96 Å². The summed E-state index contributed by atoms with van der Waals surface area (Å²) in [5, 5.41) is 0.780. The van der Waals surface area contributed by atoms with Gasteiger partial charge in [0.1, 0.15) is 0 Å². The first kappa shape index (κ1) is 12.0. The van der Waals surface area contributed by atoms with Gasteiger partial charge in [-0.2, -0.15) is 0 Å². The zero-order valence-electron chi connectivity index (χ0n) is 10.8. The van der Waals surface area contributed by atoms with Gasteiger partial charge >= 0.3 is 0 Å². The van der Waals surface area contributed by atoms with Crippen molar-refractivity contribution in [2.45, 2.75) is 0 Å². The number of rotatable bonds is 2. The van der Waals surface area contributed by atoms with Gasteiger partial charge in [-0.15, -0.1) is 0 Å². The number of nitrogens with zero attached hydrogens (tertiary/aromatic N) is 2. The van der Waals surface area contributed by atoms with Crippen molar-refractivity contribution >= 4 is 27.3 Å². The van der Waals surface area contributed by atoms with Crippen LogP contribution in [0.4, 0.5) is 5.69 Å². The van der Waals surface area contributed by atoms with Crippen LogP contribution in [0.5, 0.6) is 0 Å². The van der Waals surface area contributed by atoms with Crippen molar-refractivity contribution in [3.8, 4) is 5.69 Å². The Hall–Kier alpha value is -2.07. The van der Waals surface area contributed by atoms with Crippen LogP contribution in [-0.4, -0.2) is 18.1 Å². The van der Waals surface area contributed by atoms with Crippen LogP contribution in [0.25, 0.3) is 15.8 Å². The van der Waals surface area contributed by atoms with E-state index in [1.807, 2.05) is 67.5 Å². The Morgan fingerprint density at radius 3 is 2.58 bits per heavy atom. The summed E-state index contributed by atoms with van der Waals surface area (Å²) < 4.78 is 2.76. The van der Waals surface area contributed by atoms with Gasteiger partial charge in [-0.3, -0.25) is 4.79 Å². The van der Waals surface area contributed by atoms with Crippen LogP contribution in [0.2, 0.25) is 0 Å². The molecule has 1 heterocycles. The topological polar surface area (TPSA) is 25.2 Å². The van der Waals surface area contributed by atoms with Crippen molar-refractivity contribution in [2.24, 2.45) is 0 Å². The monoisotopic (exact) mass is 270 g/mol. The van der Waals surface area contributed by atoms with E-state index in [-0.39, 0.29) is 5.56 Å². The fourth-order valence-electron chi connectivity index (χ4n) is 2.04. The predicted molar refractivity (Wildman–Crippen MR) is 81.7 cm³/mol. The average Bonchev–Trinajstić information content (AvgIpc) is 2.77. The van der Waals surface area contributed by atoms with Crippen molar-refractivity contribution in [1.82, 2.24) is 3.96 Å². The van der Waals surface area contributed by atoms with E-state index in [2.05, 4.69) is 0 Å². The lowest BCUT2D eigenvalue weighted by Crippen LogP contribution is -2.12. The zero-order valence-corrected chi connectivity index (χ0v) is 11.6. The fourth-order valence-corrected chi connectivity index (χ4v) is 3.03. The number of anilines is 1. The molecular weight excluding hydrogens is 256 g/mol. The number of aromatic nitrogens is 1. The Labute approximate surface area is 115 Å². The summed E-state index contributed by atoms with van der Waals surface area (Å²) in [6.45, 7) is 0. The van der Waals surface area contributed by atoms with Crippen LogP contribution in [0.1, 0.15) is 0 Å². The normalized spacial score (nSPS) is 10.8. The number of hydrogen-bond donors (Lipinski definition) is 0. The standard InChI is InChI=1S/C15H14N2OS/c1-16(2)11-6-5-7-12(10-11)17-15(18)13-8-3-4-9-14(13)19-17/h3-10H,1-2H3. The zero-order chi connectivity index (χ0) is 13.4. The number of benzene rings is 2. The molecule has 0 atom stereocenters. The molecule has 0 aliphatic heterocycles. The van der Waals surface area contributed by atoms with E-state index in [9.17, 15) is 4.79 Å². The summed E-state index contributed by atoms with van der Waals surface area (Å²) in [5.41, 5.74) is 2.05. The first-order valence-corrected chi connectivity index (χ1v) is 6.83. The molecule has 1 aromatic heterocycles. The highest BCUT2D eigenvalue weighted by molar-refractivity contribution is 7.14. The Morgan fingerprint density at radius 2 is 1.84 bits per heavy atom. The van der Waals surface area contributed by atoms with Crippen LogP contribution in [0.3, 0.4) is 0 Å². The lowest BCUT2D eigenvalue weighted by molar-refractivity contribution is 1.10. The summed E-state index contributed by atoms with van der Waals surface area (Å²) >= 11 is 1.48. The van der Waals surface area contributed by atoms with Gasteiger partial charge in [0.2, 0.25) is 0 Å². The smallest absolute Gasteiger partial charge is 0.273 e. The molecule has 0 unspecified atom stereocenters. The molecule has 19 heavy (non-hydrogen) atoms. The molecule has 0 bridgehead atoms. The second kappa shape index (κ2) is 4.55. The Kier molecular flexibility index (Phi) is 2.87. The molecule has 0 spiro atoms. The van der Waals surface area contributed by atoms with Gasteiger partial charge in [-0.05, 0) is 30.3 Å². The molecule has 0 aliphatic rings. The molecule has 0 fully saturated rings. The summed E-state index contributed by atoms with van der Waals surface area (Å²) in [6.07, 6.45) is 0. The Morgan fingerprint density at radius 1 is 1.05 bits per heavy atom. The van der Waals surface area contributed by atoms with Gasteiger partial charge in [0.25, 0.3) is 5.56 Å². The van der Waals surface area contributed by atoms with E-state index >= 15 is 0 Å². The Balaban J connectivity index is 2.22. The number of fused-ring (bicyclic) bond motifs is 1. The van der Waals surface area contributed by atoms with Crippen LogP contribution in [0.15, 0.2) is 53.3 Å². The molecule has 96 valence electrons. The van der Waals surface area contributed by atoms with Crippen molar-refractivity contribution in [3.63, 3.8) is 0 Å². The quantitative estimate of drug-likeness (QED) is 0.715. The van der Waals surface area contributed by atoms with Gasteiger partial charge in [-0.1, -0.05) is 29.7 Å². The second-order valence-corrected chi connectivity index (χ2v) is 5.59. The molecule has 3 nitrogen and oxygen atoms in total. The van der Waals surface area contributed by atoms with Crippen LogP contribution in [0, 0.1) is 0 Å². The van der Waals surface area contributed by atoms with Gasteiger partial charge < -0.3 is 4.90 Å². The van der Waals surface area contributed by atoms with Crippen LogP contribution < -0.4 is 10.5 Å². The maximum Gasteiger partial charge on any atom is 0.273 e. The maximum atomic E-state index is 12.4. The van der Waals surface area contributed by atoms with Crippen LogP contribution in [-0.2, 0) is 0 Å². The number of hydrogen-bond acceptors (Lipinski definition) is 3. The van der Waals surface area contributed by atoms with Crippen LogP contribution >= 0.6 is 11.5 Å². The van der Waals surface area contributed by atoms with Gasteiger partial charge in [0.05, 0.1) is 15.8 Å². The van der Waals surface area contributed by atoms with Crippen molar-refractivity contribution in [1.29, 1.82) is 0 Å². The molecule has 3 aromatic rings. The first-order chi connectivity index (χ1) is 9.16. The SMILES string of the molecule is CN(C)c1cccc(-n2sc3ccccc3c2=O)c1. The van der Waals surface area contributed by atoms with E-state index in [0.29, 0.717) is 0 Å². The lowest BCUT2D eigenvalue weighted by atomic mass is 10.2. The minimum absolute atomic E-state index is 0.0523. The van der Waals surface area contributed by atoms with Gasteiger partial charge in [0.15, 0.2) is 0 Å². The van der Waals surface area contributed by atoms with E-state index in [1.165, 1.54) is 11.5 Å². The molecule has 3 rings (SSSR count). The third kappa shape index (κ3) is 2.04. The van der Waals surface area contributed by atoms with Crippen molar-refractivity contribution in [3.05, 3.63) is 58.9 Å². The minimum Gasteiger partial charge on any atom is -0.378 e. The molecular formula is C15H14N2OS. The van der Waals surface area contributed by atoms with Gasteiger partial charge in [-0.25, -0.2) is 3.96 Å². The van der Waals surface area contributed by atoms with E-state index < -0.39 is 0 Å². The molecule has 0 aliphatic carbocycles. The third-order valence-corrected chi connectivity index (χ3v) is 4.18. The van der Waals surface area contributed by atoms with E-state index in [0.717, 1.165) is 21.5 Å². The summed E-state index contributed by atoms with van der Waals surface area (Å²) in [7, 11) is 3.99. The minimum atomic E-state index is 0.0523. The molecule has 0 saturated heterocycles. The maximum absolute atomic E-state index is 12.4. The molecule has 4 heteroatoms. The highest BCUT2D eigenvalue weighted by Crippen LogP contribution is 2.22. The summed E-state index contributed by atoms with van der Waals surface area (Å²) in [5.74, 6) is 0. The van der Waals surface area contributed by atoms with E-state index in [4.69, 9.17) is 0 Å². The van der Waals surface area contributed by atoms with Crippen molar-refractivity contribution in [2.75, 3.05) is 19.0 Å². The second-order valence-electron chi connectivity index (χ2n) is 4.60. The fraction of sp³-hybridized carbons (Fsp3) is 0.133. The highest BCUT2D eigenvalue weighted by Gasteiger charge is 2.09. The molecule has 0 radical (unpaired) electrons. The Bertz CT molecular complexity index is 786. The third-order valence-electron chi connectivity index (χ3n) is 3.07. The molecule has 0 N–H and O–H groups in total. The average molecular weight is 270 g/mol. The molecule has 0 saturated carbocycles. The predicted octanol–water partition coefficient (Wildman–Crippen LogP) is 3.12. The lowest BCUT2D eigenvalue weighted by Gasteiger charge is -2.13.